The van der Waals surface area contributed by atoms with E-state index in [4.69, 9.17) is 26.8 Å². The van der Waals surface area contributed by atoms with E-state index in [0.717, 1.165) is 19.3 Å². The second-order valence-corrected chi connectivity index (χ2v) is 7.81. The molecule has 0 aromatic rings. The van der Waals surface area contributed by atoms with E-state index < -0.39 is 32.2 Å². The summed E-state index contributed by atoms with van der Waals surface area (Å²) in [6.45, 7) is 2.44. The van der Waals surface area contributed by atoms with E-state index in [1.54, 1.807) is 0 Å². The average molecular weight is 450 g/mol. The van der Waals surface area contributed by atoms with Crippen molar-refractivity contribution in [2.45, 2.75) is 71.1 Å². The quantitative estimate of drug-likeness (QED) is 0.0969. The Bertz CT molecular complexity index is 529. The molecule has 9 nitrogen and oxygen atoms in total. The van der Waals surface area contributed by atoms with Crippen molar-refractivity contribution >= 4 is 26.5 Å². The Labute approximate surface area is 207 Å². The molecule has 152 valence electrons. The maximum Gasteiger partial charge on any atom is 1.00 e. The second kappa shape index (κ2) is 21.9. The first kappa shape index (κ1) is 35.7. The maximum absolute atomic E-state index is 11.0. The predicted octanol–water partition coefficient (Wildman–Crippen LogP) is -3.99. The van der Waals surface area contributed by atoms with Crippen LogP contribution >= 0.6 is 0 Å². The fourth-order valence-electron chi connectivity index (χ4n) is 1.97. The SMILES string of the molecule is CCCCCCCCCCCCOC(=O)CS(=O)(=O)O.O=S(=O)([O-])[O-].[Na+].[Na+]. The Morgan fingerprint density at radius 1 is 0.815 bits per heavy atom. The third-order valence-corrected chi connectivity index (χ3v) is 3.66. The summed E-state index contributed by atoms with van der Waals surface area (Å²) in [6.07, 6.45) is 11.8. The van der Waals surface area contributed by atoms with Crippen LogP contribution in [-0.2, 0) is 30.0 Å². The first-order valence-electron chi connectivity index (χ1n) is 8.23. The van der Waals surface area contributed by atoms with Crippen molar-refractivity contribution in [3.05, 3.63) is 0 Å². The summed E-state index contributed by atoms with van der Waals surface area (Å²) in [4.78, 5) is 11.0. The predicted molar refractivity (Wildman–Crippen MR) is 89.7 cm³/mol. The van der Waals surface area contributed by atoms with Gasteiger partial charge in [0.2, 0.25) is 0 Å². The molecule has 0 amide bonds. The number of carbonyl (C=O) groups excluding carboxylic acids is 1. The molecular formula is C14H28Na2O9S2. The van der Waals surface area contributed by atoms with Gasteiger partial charge in [-0.25, -0.2) is 0 Å². The Morgan fingerprint density at radius 2 is 1.15 bits per heavy atom. The van der Waals surface area contributed by atoms with Gasteiger partial charge in [-0.3, -0.25) is 17.8 Å². The van der Waals surface area contributed by atoms with E-state index in [9.17, 15) is 13.2 Å². The molecule has 0 saturated heterocycles. The van der Waals surface area contributed by atoms with Crippen molar-refractivity contribution in [2.75, 3.05) is 12.4 Å². The summed E-state index contributed by atoms with van der Waals surface area (Å²) in [7, 11) is -9.43. The first-order chi connectivity index (χ1) is 11.5. The Kier molecular flexibility index (Phi) is 29.0. The molecule has 0 saturated carbocycles. The topological polar surface area (TPSA) is 161 Å². The van der Waals surface area contributed by atoms with Crippen LogP contribution in [0.4, 0.5) is 0 Å². The van der Waals surface area contributed by atoms with Crippen LogP contribution < -0.4 is 59.1 Å². The summed E-state index contributed by atoms with van der Waals surface area (Å²) in [6, 6.07) is 0. The van der Waals surface area contributed by atoms with Gasteiger partial charge in [0.05, 0.1) is 6.61 Å². The fourth-order valence-corrected chi connectivity index (χ4v) is 2.35. The number of hydrogen-bond donors (Lipinski definition) is 1. The minimum Gasteiger partial charge on any atom is -0.759 e. The van der Waals surface area contributed by atoms with Crippen molar-refractivity contribution in [2.24, 2.45) is 0 Å². The second-order valence-electron chi connectivity index (χ2n) is 5.54. The van der Waals surface area contributed by atoms with Crippen LogP contribution in [0.5, 0.6) is 0 Å². The molecule has 0 spiro atoms. The van der Waals surface area contributed by atoms with Gasteiger partial charge in [0, 0.05) is 10.4 Å². The number of hydrogen-bond acceptors (Lipinski definition) is 8. The smallest absolute Gasteiger partial charge is 0.759 e. The zero-order valence-electron chi connectivity index (χ0n) is 16.5. The Hall–Kier alpha value is 1.25. The minimum absolute atomic E-state index is 0. The van der Waals surface area contributed by atoms with E-state index in [-0.39, 0.29) is 65.7 Å². The van der Waals surface area contributed by atoms with Gasteiger partial charge in [-0.2, -0.15) is 8.42 Å². The van der Waals surface area contributed by atoms with E-state index in [1.807, 2.05) is 0 Å². The Morgan fingerprint density at radius 3 is 1.48 bits per heavy atom. The molecule has 0 rings (SSSR count). The monoisotopic (exact) mass is 450 g/mol. The van der Waals surface area contributed by atoms with Gasteiger partial charge >= 0.3 is 65.1 Å². The van der Waals surface area contributed by atoms with Crippen molar-refractivity contribution in [1.29, 1.82) is 0 Å². The summed E-state index contributed by atoms with van der Waals surface area (Å²) in [5.41, 5.74) is 0. The zero-order chi connectivity index (χ0) is 19.8. The molecule has 13 heteroatoms. The van der Waals surface area contributed by atoms with Gasteiger partial charge in [-0.1, -0.05) is 64.7 Å². The first-order valence-corrected chi connectivity index (χ1v) is 11.2. The molecule has 0 aromatic carbocycles. The van der Waals surface area contributed by atoms with Crippen LogP contribution in [0, 0.1) is 0 Å². The van der Waals surface area contributed by atoms with Gasteiger partial charge in [0.15, 0.2) is 5.75 Å². The molecule has 0 aliphatic heterocycles. The summed E-state index contributed by atoms with van der Waals surface area (Å²) >= 11 is 0. The van der Waals surface area contributed by atoms with Gasteiger partial charge < -0.3 is 13.8 Å². The molecule has 0 radical (unpaired) electrons. The maximum atomic E-state index is 11.0. The van der Waals surface area contributed by atoms with Gasteiger partial charge in [0.25, 0.3) is 10.1 Å². The van der Waals surface area contributed by atoms with Gasteiger partial charge in [-0.05, 0) is 6.42 Å². The average Bonchev–Trinajstić information content (AvgIpc) is 2.41. The van der Waals surface area contributed by atoms with Crippen molar-refractivity contribution < 1.29 is 99.1 Å². The molecular weight excluding hydrogens is 422 g/mol. The zero-order valence-corrected chi connectivity index (χ0v) is 22.1. The van der Waals surface area contributed by atoms with Crippen LogP contribution in [0.3, 0.4) is 0 Å². The summed E-state index contributed by atoms with van der Waals surface area (Å²) in [5.74, 6) is -1.84. The molecule has 27 heavy (non-hydrogen) atoms. The standard InChI is InChI=1S/C14H28O5S.2Na.H2O4S/c1-2-3-4-5-6-7-8-9-10-11-12-19-14(15)13-20(16,17)18;;;1-5(2,3)4/h2-13H2,1H3,(H,16,17,18);;;(H2,1,2,3,4)/q;2*+1;/p-2. The molecule has 0 bridgehead atoms. The number of unbranched alkanes of at least 4 members (excludes halogenated alkanes) is 9. The van der Waals surface area contributed by atoms with Crippen molar-refractivity contribution in [3.8, 4) is 0 Å². The van der Waals surface area contributed by atoms with Crippen LogP contribution in [-0.4, -0.2) is 48.8 Å². The number of carbonyl (C=O) groups is 1. The van der Waals surface area contributed by atoms with Gasteiger partial charge in [0.1, 0.15) is 0 Å². The molecule has 1 N–H and O–H groups in total. The van der Waals surface area contributed by atoms with Crippen molar-refractivity contribution in [1.82, 2.24) is 0 Å². The van der Waals surface area contributed by atoms with Gasteiger partial charge in [-0.15, -0.1) is 0 Å². The molecule has 0 atom stereocenters. The van der Waals surface area contributed by atoms with Crippen LogP contribution in [0.15, 0.2) is 0 Å². The van der Waals surface area contributed by atoms with Crippen LogP contribution in [0.1, 0.15) is 71.1 Å². The molecule has 0 fully saturated rings. The minimum atomic E-state index is -5.17. The van der Waals surface area contributed by atoms with Crippen molar-refractivity contribution in [3.63, 3.8) is 0 Å². The summed E-state index contributed by atoms with van der Waals surface area (Å²) in [5, 5.41) is 0. The molecule has 0 unspecified atom stereocenters. The third-order valence-electron chi connectivity index (χ3n) is 3.06. The van der Waals surface area contributed by atoms with Crippen LogP contribution in [0.2, 0.25) is 0 Å². The van der Waals surface area contributed by atoms with E-state index in [2.05, 4.69) is 6.92 Å². The summed E-state index contributed by atoms with van der Waals surface area (Å²) < 4.78 is 68.0. The molecule has 0 aliphatic carbocycles. The normalized spacial score (nSPS) is 10.7. The molecule has 0 heterocycles. The fraction of sp³-hybridized carbons (Fsp3) is 0.929. The molecule has 0 aliphatic rings. The third kappa shape index (κ3) is 46.9. The van der Waals surface area contributed by atoms with Crippen LogP contribution in [0.25, 0.3) is 0 Å². The molecule has 0 aromatic heterocycles. The number of esters is 1. The van der Waals surface area contributed by atoms with E-state index in [0.29, 0.717) is 0 Å². The number of ether oxygens (including phenoxy) is 1. The number of rotatable bonds is 13. The largest absolute Gasteiger partial charge is 1.00 e. The van der Waals surface area contributed by atoms with E-state index >= 15 is 0 Å². The Balaban J connectivity index is -0.000000333. The van der Waals surface area contributed by atoms with E-state index in [1.165, 1.54) is 44.9 Å².